The van der Waals surface area contributed by atoms with Crippen molar-refractivity contribution < 1.29 is 9.59 Å². The van der Waals surface area contributed by atoms with Gasteiger partial charge in [-0.25, -0.2) is 4.98 Å². The molecule has 1 aliphatic carbocycles. The first-order valence-corrected chi connectivity index (χ1v) is 11.4. The molecule has 0 bridgehead atoms. The molecule has 1 saturated carbocycles. The van der Waals surface area contributed by atoms with Crippen LogP contribution in [0.3, 0.4) is 0 Å². The van der Waals surface area contributed by atoms with Crippen LogP contribution in [0.2, 0.25) is 0 Å². The van der Waals surface area contributed by atoms with Crippen molar-refractivity contribution in [2.75, 3.05) is 18.4 Å². The Bertz CT molecular complexity index is 1200. The Hall–Kier alpha value is -3.52. The standard InChI is InChI=1S/C25H29N5O3/c1-2-30(15-22-27-20-13-7-5-11-18(20)25(33)29-22)16-23(31)28-21-14-8-6-12-19(21)24(32)26-17-9-3-4-10-17/h5-8,11-14,17H,2-4,9-10,15-16H2,1H3,(H,26,32)(H,28,31)(H,27,29,33). The highest BCUT2D eigenvalue weighted by Gasteiger charge is 2.20. The molecule has 2 amide bonds. The van der Waals surface area contributed by atoms with Gasteiger partial charge in [0.15, 0.2) is 0 Å². The van der Waals surface area contributed by atoms with Crippen LogP contribution in [0.25, 0.3) is 10.9 Å². The summed E-state index contributed by atoms with van der Waals surface area (Å²) in [5.74, 6) is 0.105. The van der Waals surface area contributed by atoms with Crippen molar-refractivity contribution >= 4 is 28.4 Å². The van der Waals surface area contributed by atoms with Crippen LogP contribution in [0.4, 0.5) is 5.69 Å². The molecule has 0 aliphatic heterocycles. The quantitative estimate of drug-likeness (QED) is 0.492. The number of amides is 2. The summed E-state index contributed by atoms with van der Waals surface area (Å²) < 4.78 is 0. The number of carbonyl (C=O) groups is 2. The summed E-state index contributed by atoms with van der Waals surface area (Å²) in [6, 6.07) is 14.4. The Labute approximate surface area is 192 Å². The Balaban J connectivity index is 1.41. The molecule has 8 nitrogen and oxygen atoms in total. The van der Waals surface area contributed by atoms with Crippen molar-refractivity contribution in [3.63, 3.8) is 0 Å². The molecule has 0 unspecified atom stereocenters. The summed E-state index contributed by atoms with van der Waals surface area (Å²) in [6.45, 7) is 2.96. The van der Waals surface area contributed by atoms with E-state index in [2.05, 4.69) is 20.6 Å². The van der Waals surface area contributed by atoms with Gasteiger partial charge in [0, 0.05) is 6.04 Å². The van der Waals surface area contributed by atoms with Crippen LogP contribution >= 0.6 is 0 Å². The number of rotatable bonds is 8. The summed E-state index contributed by atoms with van der Waals surface area (Å²) in [5, 5.41) is 6.48. The fourth-order valence-electron chi connectivity index (χ4n) is 4.22. The van der Waals surface area contributed by atoms with Crippen LogP contribution in [0.1, 0.15) is 48.8 Å². The van der Waals surface area contributed by atoms with Gasteiger partial charge in [-0.1, -0.05) is 44.0 Å². The lowest BCUT2D eigenvalue weighted by atomic mass is 10.1. The molecule has 4 rings (SSSR count). The summed E-state index contributed by atoms with van der Waals surface area (Å²) >= 11 is 0. The van der Waals surface area contributed by atoms with E-state index >= 15 is 0 Å². The van der Waals surface area contributed by atoms with E-state index in [1.807, 2.05) is 17.9 Å². The van der Waals surface area contributed by atoms with Crippen molar-refractivity contribution in [3.8, 4) is 0 Å². The lowest BCUT2D eigenvalue weighted by Crippen LogP contribution is -2.35. The fourth-order valence-corrected chi connectivity index (χ4v) is 4.22. The number of aromatic amines is 1. The number of H-pyrrole nitrogens is 1. The van der Waals surface area contributed by atoms with Gasteiger partial charge in [-0.15, -0.1) is 0 Å². The average Bonchev–Trinajstić information content (AvgIpc) is 3.32. The first kappa shape index (κ1) is 22.7. The number of hydrogen-bond acceptors (Lipinski definition) is 5. The number of fused-ring (bicyclic) bond motifs is 1. The zero-order chi connectivity index (χ0) is 23.2. The van der Waals surface area contributed by atoms with E-state index in [0.29, 0.717) is 41.1 Å². The third-order valence-electron chi connectivity index (χ3n) is 5.99. The van der Waals surface area contributed by atoms with Crippen LogP contribution in [0, 0.1) is 0 Å². The summed E-state index contributed by atoms with van der Waals surface area (Å²) in [5.41, 5.74) is 1.38. The summed E-state index contributed by atoms with van der Waals surface area (Å²) in [6.07, 6.45) is 4.26. The maximum Gasteiger partial charge on any atom is 0.258 e. The van der Waals surface area contributed by atoms with Crippen LogP contribution in [0.15, 0.2) is 53.3 Å². The van der Waals surface area contributed by atoms with Gasteiger partial charge in [0.25, 0.3) is 11.5 Å². The van der Waals surface area contributed by atoms with Crippen LogP contribution in [0.5, 0.6) is 0 Å². The molecule has 0 atom stereocenters. The van der Waals surface area contributed by atoms with Crippen molar-refractivity contribution in [2.24, 2.45) is 0 Å². The van der Waals surface area contributed by atoms with Crippen LogP contribution in [-0.4, -0.2) is 45.8 Å². The molecule has 1 aromatic heterocycles. The molecule has 3 N–H and O–H groups in total. The molecular formula is C25H29N5O3. The van der Waals surface area contributed by atoms with Gasteiger partial charge < -0.3 is 15.6 Å². The number of anilines is 1. The minimum atomic E-state index is -0.235. The predicted molar refractivity (Wildman–Crippen MR) is 128 cm³/mol. The lowest BCUT2D eigenvalue weighted by molar-refractivity contribution is -0.117. The topological polar surface area (TPSA) is 107 Å². The van der Waals surface area contributed by atoms with Gasteiger partial charge in [0.1, 0.15) is 5.82 Å². The molecule has 1 aliphatic rings. The van der Waals surface area contributed by atoms with Gasteiger partial charge in [0.2, 0.25) is 5.91 Å². The Morgan fingerprint density at radius 2 is 1.82 bits per heavy atom. The van der Waals surface area contributed by atoms with E-state index in [0.717, 1.165) is 25.7 Å². The first-order chi connectivity index (χ1) is 16.0. The van der Waals surface area contributed by atoms with Gasteiger partial charge >= 0.3 is 0 Å². The number of likely N-dealkylation sites (N-methyl/N-ethyl adjacent to an activating group) is 1. The number of benzene rings is 2. The lowest BCUT2D eigenvalue weighted by Gasteiger charge is -2.20. The van der Waals surface area contributed by atoms with Crippen molar-refractivity contribution in [1.82, 2.24) is 20.2 Å². The second-order valence-corrected chi connectivity index (χ2v) is 8.38. The highest BCUT2D eigenvalue weighted by molar-refractivity contribution is 6.04. The van der Waals surface area contributed by atoms with Crippen LogP contribution < -0.4 is 16.2 Å². The number of nitrogens with zero attached hydrogens (tertiary/aromatic N) is 2. The molecule has 0 saturated heterocycles. The van der Waals surface area contributed by atoms with Gasteiger partial charge in [-0.05, 0) is 43.7 Å². The molecule has 2 aromatic carbocycles. The molecule has 0 spiro atoms. The largest absolute Gasteiger partial charge is 0.349 e. The predicted octanol–water partition coefficient (Wildman–Crippen LogP) is 3.06. The first-order valence-electron chi connectivity index (χ1n) is 11.4. The average molecular weight is 448 g/mol. The SMILES string of the molecule is CCN(CC(=O)Nc1ccccc1C(=O)NC1CCCC1)Cc1nc2ccccc2c(=O)[nH]1. The van der Waals surface area contributed by atoms with E-state index in [-0.39, 0.29) is 30.0 Å². The Morgan fingerprint density at radius 1 is 1.09 bits per heavy atom. The molecule has 1 fully saturated rings. The van der Waals surface area contributed by atoms with Gasteiger partial charge in [-0.2, -0.15) is 0 Å². The van der Waals surface area contributed by atoms with Crippen molar-refractivity contribution in [3.05, 3.63) is 70.3 Å². The smallest absolute Gasteiger partial charge is 0.258 e. The number of carbonyl (C=O) groups excluding carboxylic acids is 2. The summed E-state index contributed by atoms with van der Waals surface area (Å²) in [4.78, 5) is 47.1. The van der Waals surface area contributed by atoms with E-state index in [4.69, 9.17) is 0 Å². The highest BCUT2D eigenvalue weighted by Crippen LogP contribution is 2.20. The maximum atomic E-state index is 12.8. The molecule has 33 heavy (non-hydrogen) atoms. The molecule has 3 aromatic rings. The van der Waals surface area contributed by atoms with Crippen molar-refractivity contribution in [2.45, 2.75) is 45.2 Å². The van der Waals surface area contributed by atoms with Gasteiger partial charge in [0.05, 0.1) is 35.2 Å². The van der Waals surface area contributed by atoms with Crippen molar-refractivity contribution in [1.29, 1.82) is 0 Å². The second kappa shape index (κ2) is 10.4. The Kier molecular flexibility index (Phi) is 7.14. The fraction of sp³-hybridized carbons (Fsp3) is 0.360. The molecular weight excluding hydrogens is 418 g/mol. The van der Waals surface area contributed by atoms with E-state index in [9.17, 15) is 14.4 Å². The van der Waals surface area contributed by atoms with Gasteiger partial charge in [-0.3, -0.25) is 19.3 Å². The van der Waals surface area contributed by atoms with E-state index in [1.54, 1.807) is 42.5 Å². The third-order valence-corrected chi connectivity index (χ3v) is 5.99. The van der Waals surface area contributed by atoms with E-state index < -0.39 is 0 Å². The maximum absolute atomic E-state index is 12.8. The molecule has 8 heteroatoms. The number of nitrogens with one attached hydrogen (secondary N) is 3. The minimum Gasteiger partial charge on any atom is -0.349 e. The monoisotopic (exact) mass is 447 g/mol. The summed E-state index contributed by atoms with van der Waals surface area (Å²) in [7, 11) is 0. The number of aromatic nitrogens is 2. The minimum absolute atomic E-state index is 0.103. The highest BCUT2D eigenvalue weighted by atomic mass is 16.2. The van der Waals surface area contributed by atoms with Crippen LogP contribution in [-0.2, 0) is 11.3 Å². The third kappa shape index (κ3) is 5.64. The normalized spacial score (nSPS) is 14.0. The molecule has 172 valence electrons. The number of para-hydroxylation sites is 2. The Morgan fingerprint density at radius 3 is 2.61 bits per heavy atom. The van der Waals surface area contributed by atoms with E-state index in [1.165, 1.54) is 0 Å². The zero-order valence-electron chi connectivity index (χ0n) is 18.8. The number of hydrogen-bond donors (Lipinski definition) is 3. The second-order valence-electron chi connectivity index (χ2n) is 8.38. The molecule has 0 radical (unpaired) electrons. The molecule has 1 heterocycles. The zero-order valence-corrected chi connectivity index (χ0v) is 18.8.